The molecule has 0 fully saturated rings. The van der Waals surface area contributed by atoms with Crippen LogP contribution in [0.3, 0.4) is 0 Å². The second-order valence-corrected chi connectivity index (χ2v) is 6.25. The fraction of sp³-hybridized carbons (Fsp3) is 0.300. The smallest absolute Gasteiger partial charge is 0.255 e. The van der Waals surface area contributed by atoms with E-state index in [1.807, 2.05) is 43.3 Å². The van der Waals surface area contributed by atoms with Crippen molar-refractivity contribution in [2.24, 2.45) is 0 Å². The highest BCUT2D eigenvalue weighted by atomic mass is 16.5. The number of ether oxygens (including phenoxy) is 1. The number of nitrogens with zero attached hydrogens (tertiary/aromatic N) is 1. The summed E-state index contributed by atoms with van der Waals surface area (Å²) in [6, 6.07) is 13.2. The summed E-state index contributed by atoms with van der Waals surface area (Å²) >= 11 is 0. The third kappa shape index (κ3) is 3.88. The molecule has 0 saturated heterocycles. The summed E-state index contributed by atoms with van der Waals surface area (Å²) in [6.07, 6.45) is 1.86. The van der Waals surface area contributed by atoms with Gasteiger partial charge in [0.25, 0.3) is 11.8 Å². The van der Waals surface area contributed by atoms with Crippen LogP contribution in [0.15, 0.2) is 42.5 Å². The first kappa shape index (κ1) is 17.2. The Labute approximate surface area is 147 Å². The highest BCUT2D eigenvalue weighted by Gasteiger charge is 2.23. The first-order chi connectivity index (χ1) is 12.1. The van der Waals surface area contributed by atoms with Gasteiger partial charge < -0.3 is 15.0 Å². The largest absolute Gasteiger partial charge is 0.375 e. The molecule has 1 aliphatic heterocycles. The van der Waals surface area contributed by atoms with Crippen molar-refractivity contribution in [3.8, 4) is 0 Å². The van der Waals surface area contributed by atoms with Gasteiger partial charge in [-0.1, -0.05) is 23.8 Å². The number of anilines is 2. The minimum Gasteiger partial charge on any atom is -0.375 e. The molecule has 5 heteroatoms. The summed E-state index contributed by atoms with van der Waals surface area (Å²) in [6.45, 7) is 2.68. The number of methoxy groups -OCH3 is 1. The predicted molar refractivity (Wildman–Crippen MR) is 98.1 cm³/mol. The lowest BCUT2D eigenvalue weighted by atomic mass is 10.0. The van der Waals surface area contributed by atoms with E-state index in [4.69, 9.17) is 4.74 Å². The molecular weight excluding hydrogens is 316 g/mol. The molecule has 0 aromatic heterocycles. The molecule has 5 nitrogen and oxygen atoms in total. The summed E-state index contributed by atoms with van der Waals surface area (Å²) in [5, 5.41) is 2.92. The first-order valence-corrected chi connectivity index (χ1v) is 8.39. The van der Waals surface area contributed by atoms with E-state index in [2.05, 4.69) is 5.32 Å². The molecule has 1 heterocycles. The van der Waals surface area contributed by atoms with E-state index in [1.54, 1.807) is 11.0 Å². The van der Waals surface area contributed by atoms with Crippen LogP contribution in [0.5, 0.6) is 0 Å². The normalized spacial score (nSPS) is 13.3. The van der Waals surface area contributed by atoms with Gasteiger partial charge in [0, 0.05) is 30.6 Å². The number of rotatable bonds is 4. The molecule has 0 bridgehead atoms. The Balaban J connectivity index is 1.83. The molecule has 0 aliphatic carbocycles. The van der Waals surface area contributed by atoms with Gasteiger partial charge in [0.05, 0.1) is 0 Å². The van der Waals surface area contributed by atoms with E-state index in [9.17, 15) is 9.59 Å². The Bertz CT molecular complexity index is 801. The van der Waals surface area contributed by atoms with E-state index in [1.165, 1.54) is 7.11 Å². The Hall–Kier alpha value is -2.66. The summed E-state index contributed by atoms with van der Waals surface area (Å²) in [7, 11) is 1.52. The lowest BCUT2D eigenvalue weighted by Crippen LogP contribution is -2.37. The quantitative estimate of drug-likeness (QED) is 0.931. The molecule has 1 N–H and O–H groups in total. The van der Waals surface area contributed by atoms with E-state index in [0.29, 0.717) is 17.8 Å². The standard InChI is InChI=1S/C20H22N2O3/c1-14-5-3-6-16(11-14)20(24)21-17-9-8-15-7-4-10-22(18(15)12-17)19(23)13-25-2/h3,5-6,8-9,11-12H,4,7,10,13H2,1-2H3,(H,21,24). The van der Waals surface area contributed by atoms with E-state index < -0.39 is 0 Å². The van der Waals surface area contributed by atoms with Crippen molar-refractivity contribution in [2.45, 2.75) is 19.8 Å². The van der Waals surface area contributed by atoms with Gasteiger partial charge in [-0.3, -0.25) is 9.59 Å². The fourth-order valence-electron chi connectivity index (χ4n) is 3.10. The zero-order valence-electron chi connectivity index (χ0n) is 14.5. The number of fused-ring (bicyclic) bond motifs is 1. The topological polar surface area (TPSA) is 58.6 Å². The van der Waals surface area contributed by atoms with Crippen LogP contribution in [-0.4, -0.2) is 32.1 Å². The third-order valence-electron chi connectivity index (χ3n) is 4.31. The summed E-state index contributed by atoms with van der Waals surface area (Å²) in [5.41, 5.74) is 4.31. The van der Waals surface area contributed by atoms with Gasteiger partial charge in [-0.2, -0.15) is 0 Å². The zero-order chi connectivity index (χ0) is 17.8. The van der Waals surface area contributed by atoms with Crippen LogP contribution in [0.25, 0.3) is 0 Å². The van der Waals surface area contributed by atoms with Crippen LogP contribution in [0, 0.1) is 6.92 Å². The van der Waals surface area contributed by atoms with Crippen molar-refractivity contribution in [1.29, 1.82) is 0 Å². The van der Waals surface area contributed by atoms with E-state index in [0.717, 1.165) is 29.7 Å². The molecule has 1 aliphatic rings. The van der Waals surface area contributed by atoms with Gasteiger partial charge in [-0.15, -0.1) is 0 Å². The molecule has 3 rings (SSSR count). The number of hydrogen-bond donors (Lipinski definition) is 1. The molecular formula is C20H22N2O3. The van der Waals surface area contributed by atoms with Crippen molar-refractivity contribution in [3.63, 3.8) is 0 Å². The molecule has 0 unspecified atom stereocenters. The van der Waals surface area contributed by atoms with E-state index >= 15 is 0 Å². The summed E-state index contributed by atoms with van der Waals surface area (Å²) < 4.78 is 4.97. The SMILES string of the molecule is COCC(=O)N1CCCc2ccc(NC(=O)c3cccc(C)c3)cc21. The number of carbonyl (C=O) groups excluding carboxylic acids is 2. The number of carbonyl (C=O) groups is 2. The fourth-order valence-corrected chi connectivity index (χ4v) is 3.10. The van der Waals surface area contributed by atoms with Gasteiger partial charge >= 0.3 is 0 Å². The Morgan fingerprint density at radius 2 is 2.04 bits per heavy atom. The highest BCUT2D eigenvalue weighted by Crippen LogP contribution is 2.30. The monoisotopic (exact) mass is 338 g/mol. The van der Waals surface area contributed by atoms with Gasteiger partial charge in [-0.05, 0) is 49.6 Å². The minimum atomic E-state index is -0.158. The average molecular weight is 338 g/mol. The molecule has 0 spiro atoms. The number of benzene rings is 2. The Morgan fingerprint density at radius 1 is 1.20 bits per heavy atom. The lowest BCUT2D eigenvalue weighted by Gasteiger charge is -2.29. The van der Waals surface area contributed by atoms with Crippen molar-refractivity contribution in [1.82, 2.24) is 0 Å². The molecule has 0 atom stereocenters. The minimum absolute atomic E-state index is 0.0549. The van der Waals surface area contributed by atoms with Crippen LogP contribution in [0.4, 0.5) is 11.4 Å². The molecule has 25 heavy (non-hydrogen) atoms. The summed E-state index contributed by atoms with van der Waals surface area (Å²) in [5.74, 6) is -0.222. The molecule has 130 valence electrons. The van der Waals surface area contributed by atoms with Gasteiger partial charge in [-0.25, -0.2) is 0 Å². The molecule has 2 aromatic carbocycles. The molecule has 0 radical (unpaired) electrons. The molecule has 2 amide bonds. The Kier molecular flexibility index (Phi) is 5.14. The van der Waals surface area contributed by atoms with Gasteiger partial charge in [0.15, 0.2) is 0 Å². The van der Waals surface area contributed by atoms with Crippen LogP contribution in [0.2, 0.25) is 0 Å². The number of nitrogens with one attached hydrogen (secondary N) is 1. The Morgan fingerprint density at radius 3 is 2.80 bits per heavy atom. The number of hydrogen-bond acceptors (Lipinski definition) is 3. The average Bonchev–Trinajstić information content (AvgIpc) is 2.61. The summed E-state index contributed by atoms with van der Waals surface area (Å²) in [4.78, 5) is 26.4. The maximum absolute atomic E-state index is 12.4. The van der Waals surface area contributed by atoms with Crippen molar-refractivity contribution < 1.29 is 14.3 Å². The van der Waals surface area contributed by atoms with E-state index in [-0.39, 0.29) is 18.4 Å². The first-order valence-electron chi connectivity index (χ1n) is 8.39. The maximum Gasteiger partial charge on any atom is 0.255 e. The van der Waals surface area contributed by atoms with Crippen LogP contribution in [-0.2, 0) is 16.0 Å². The number of amides is 2. The maximum atomic E-state index is 12.4. The van der Waals surface area contributed by atoms with Gasteiger partial charge in [0.2, 0.25) is 0 Å². The molecule has 2 aromatic rings. The second kappa shape index (κ2) is 7.49. The predicted octanol–water partition coefficient (Wildman–Crippen LogP) is 3.17. The van der Waals surface area contributed by atoms with Crippen molar-refractivity contribution in [3.05, 3.63) is 59.2 Å². The van der Waals surface area contributed by atoms with Crippen molar-refractivity contribution >= 4 is 23.2 Å². The van der Waals surface area contributed by atoms with Crippen molar-refractivity contribution in [2.75, 3.05) is 30.5 Å². The van der Waals surface area contributed by atoms with Crippen LogP contribution in [0.1, 0.15) is 27.9 Å². The number of aryl methyl sites for hydroxylation is 2. The lowest BCUT2D eigenvalue weighted by molar-refractivity contribution is -0.122. The van der Waals surface area contributed by atoms with Gasteiger partial charge in [0.1, 0.15) is 6.61 Å². The third-order valence-corrected chi connectivity index (χ3v) is 4.31. The highest BCUT2D eigenvalue weighted by molar-refractivity contribution is 6.05. The molecule has 0 saturated carbocycles. The second-order valence-electron chi connectivity index (χ2n) is 6.25. The van der Waals surface area contributed by atoms with Crippen LogP contribution < -0.4 is 10.2 Å². The van der Waals surface area contributed by atoms with Crippen LogP contribution >= 0.6 is 0 Å². The zero-order valence-corrected chi connectivity index (χ0v) is 14.5.